The molecule has 0 radical (unpaired) electrons. The van der Waals surface area contributed by atoms with Crippen LogP contribution < -0.4 is 15.9 Å². The van der Waals surface area contributed by atoms with Crippen LogP contribution in [0.25, 0.3) is 0 Å². The molecule has 1 aliphatic heterocycles. The third kappa shape index (κ3) is 23.7. The quantitative estimate of drug-likeness (QED) is 0.0296. The SMILES string of the molecule is CN(C)[C@@H](CNCCCCNC[C@@H](Cc1ccccc1)N(C)C)Cc1ccccc1.CN(C)[C@@H](Cc1ccccc1)C(=O)O.CN(C)[C@H](Cc1ccccc1)CN1CCCCN(C[C@@H](Cc2ccccc2)N(C)C)P1(=O)c1ccccc1. The molecule has 82 heavy (non-hydrogen) atoms. The largest absolute Gasteiger partial charge is 0.480 e. The van der Waals surface area contributed by atoms with Gasteiger partial charge in [0.05, 0.1) is 0 Å². The van der Waals surface area contributed by atoms with Gasteiger partial charge in [0.2, 0.25) is 7.44 Å². The van der Waals surface area contributed by atoms with Crippen molar-refractivity contribution in [2.45, 2.75) is 88.0 Å². The fourth-order valence-corrected chi connectivity index (χ4v) is 13.7. The van der Waals surface area contributed by atoms with Gasteiger partial charge < -0.3 is 35.3 Å². The summed E-state index contributed by atoms with van der Waals surface area (Å²) in [6.45, 7) is 7.50. The first kappa shape index (κ1) is 67.5. The highest BCUT2D eigenvalue weighted by molar-refractivity contribution is 7.67. The summed E-state index contributed by atoms with van der Waals surface area (Å²) in [7, 11) is 17.9. The zero-order valence-electron chi connectivity index (χ0n) is 51.6. The first-order valence-corrected chi connectivity index (χ1v) is 31.5. The highest BCUT2D eigenvalue weighted by Gasteiger charge is 2.42. The number of hydrogen-bond donors (Lipinski definition) is 3. The molecule has 0 bridgehead atoms. The molecule has 1 fully saturated rings. The topological polar surface area (TPSA) is 101 Å². The smallest absolute Gasteiger partial charge is 0.321 e. The predicted molar refractivity (Wildman–Crippen MR) is 347 cm³/mol. The molecule has 5 atom stereocenters. The summed E-state index contributed by atoms with van der Waals surface area (Å²) >= 11 is 0. The second kappa shape index (κ2) is 37.1. The molecule has 1 heterocycles. The van der Waals surface area contributed by atoms with Crippen LogP contribution in [-0.4, -0.2) is 198 Å². The Morgan fingerprint density at radius 1 is 0.427 bits per heavy atom. The van der Waals surface area contributed by atoms with Crippen LogP contribution in [0.2, 0.25) is 0 Å². The third-order valence-electron chi connectivity index (χ3n) is 15.9. The summed E-state index contributed by atoms with van der Waals surface area (Å²) in [6, 6.07) is 64.0. The number of rotatable bonds is 30. The predicted octanol–water partition coefficient (Wildman–Crippen LogP) is 9.78. The van der Waals surface area contributed by atoms with Crippen molar-refractivity contribution < 1.29 is 14.5 Å². The Labute approximate surface area is 496 Å². The molecule has 1 aliphatic rings. The first-order valence-electron chi connectivity index (χ1n) is 29.9. The number of carbonyl (C=O) groups is 1. The molecular formula is C69H102N9O3P. The molecule has 0 aliphatic carbocycles. The van der Waals surface area contributed by atoms with Crippen LogP contribution in [0.3, 0.4) is 0 Å². The second-order valence-corrected chi connectivity index (χ2v) is 26.0. The van der Waals surface area contributed by atoms with E-state index < -0.39 is 19.5 Å². The first-order chi connectivity index (χ1) is 39.5. The maximum absolute atomic E-state index is 15.6. The van der Waals surface area contributed by atoms with E-state index in [4.69, 9.17) is 5.11 Å². The van der Waals surface area contributed by atoms with E-state index in [1.165, 1.54) is 35.1 Å². The van der Waals surface area contributed by atoms with Gasteiger partial charge in [-0.3, -0.25) is 14.3 Å². The number of nitrogens with zero attached hydrogens (tertiary/aromatic N) is 7. The van der Waals surface area contributed by atoms with Crippen molar-refractivity contribution in [2.75, 3.05) is 123 Å². The van der Waals surface area contributed by atoms with Gasteiger partial charge in [0, 0.05) is 68.7 Å². The normalized spacial score (nSPS) is 15.7. The van der Waals surface area contributed by atoms with Crippen LogP contribution in [0.15, 0.2) is 182 Å². The lowest BCUT2D eigenvalue weighted by Gasteiger charge is -2.42. The van der Waals surface area contributed by atoms with Gasteiger partial charge in [-0.15, -0.1) is 0 Å². The Kier molecular flexibility index (Phi) is 30.5. The molecule has 0 spiro atoms. The van der Waals surface area contributed by atoms with Crippen LogP contribution in [-0.2, 0) is 41.5 Å². The summed E-state index contributed by atoms with van der Waals surface area (Å²) < 4.78 is 20.2. The van der Waals surface area contributed by atoms with Gasteiger partial charge in [-0.1, -0.05) is 170 Å². The van der Waals surface area contributed by atoms with E-state index >= 15 is 4.57 Å². The molecule has 0 unspecified atom stereocenters. The Morgan fingerprint density at radius 3 is 0.988 bits per heavy atom. The van der Waals surface area contributed by atoms with Crippen molar-refractivity contribution in [3.8, 4) is 0 Å². The minimum Gasteiger partial charge on any atom is -0.480 e. The number of carboxylic acid groups (broad SMARTS) is 1. The van der Waals surface area contributed by atoms with Crippen LogP contribution in [0, 0.1) is 0 Å². The van der Waals surface area contributed by atoms with Crippen molar-refractivity contribution in [1.29, 1.82) is 0 Å². The van der Waals surface area contributed by atoms with Gasteiger partial charge in [-0.05, 0) is 181 Å². The Hall–Kier alpha value is -5.34. The molecular weight excluding hydrogens is 1030 g/mol. The van der Waals surface area contributed by atoms with Gasteiger partial charge >= 0.3 is 5.97 Å². The number of aliphatic carboxylic acids is 1. The number of hydrogen-bond acceptors (Lipinski definition) is 9. The van der Waals surface area contributed by atoms with Crippen LogP contribution in [0.5, 0.6) is 0 Å². The fraction of sp³-hybridized carbons (Fsp3) is 0.464. The van der Waals surface area contributed by atoms with E-state index in [1.807, 2.05) is 48.5 Å². The van der Waals surface area contributed by atoms with E-state index in [0.29, 0.717) is 18.5 Å². The molecule has 6 aromatic carbocycles. The third-order valence-corrected chi connectivity index (χ3v) is 19.1. The monoisotopic (exact) mass is 1140 g/mol. The molecule has 446 valence electrons. The van der Waals surface area contributed by atoms with Gasteiger partial charge in [0.25, 0.3) is 0 Å². The maximum atomic E-state index is 15.6. The van der Waals surface area contributed by atoms with E-state index in [9.17, 15) is 4.79 Å². The Bertz CT molecular complexity index is 2510. The minimum atomic E-state index is -3.01. The molecule has 0 saturated carbocycles. The maximum Gasteiger partial charge on any atom is 0.321 e. The standard InChI is InChI=1S/C32H45N4OP.C26H42N4.C11H15NO2/c1-33(2)30(24-28-16-8-5-9-17-28)26-35-22-14-15-23-36(38(35,37)32-20-12-7-13-21-32)27-31(34(3)4)25-29-18-10-6-11-19-29;1-29(2)25(19-23-13-7-5-8-14-23)21-27-17-11-12-18-28-22-26(30(3)4)20-24-15-9-6-10-16-24;1-12(2)10(11(13)14)8-9-6-4-3-5-7-9/h5-13,16-21,30-31H,14-15,22-27H2,1-4H3;5-10,13-16,25-28H,11-12,17-22H2,1-4H3;3-7,10H,8H2,1-2H3,(H,13,14)/t30-,31-;25-,26-;10-/m110/s1. The zero-order chi connectivity index (χ0) is 59.1. The minimum absolute atomic E-state index is 0.267. The van der Waals surface area contributed by atoms with E-state index in [0.717, 1.165) is 102 Å². The van der Waals surface area contributed by atoms with Gasteiger partial charge in [0.15, 0.2) is 0 Å². The average Bonchev–Trinajstić information content (AvgIpc) is 3.69. The number of nitrogens with one attached hydrogen (secondary N) is 2. The van der Waals surface area contributed by atoms with Crippen LogP contribution in [0.1, 0.15) is 53.5 Å². The highest BCUT2D eigenvalue weighted by atomic mass is 31.2. The van der Waals surface area contributed by atoms with Gasteiger partial charge in [0.1, 0.15) is 6.04 Å². The molecule has 1 saturated heterocycles. The number of carboxylic acids is 1. The van der Waals surface area contributed by atoms with Crippen molar-refractivity contribution >= 4 is 18.7 Å². The van der Waals surface area contributed by atoms with E-state index in [2.05, 4.69) is 229 Å². The lowest BCUT2D eigenvalue weighted by Crippen LogP contribution is -2.47. The fourth-order valence-electron chi connectivity index (χ4n) is 10.5. The summed E-state index contributed by atoms with van der Waals surface area (Å²) in [5.74, 6) is -0.779. The molecule has 7 rings (SSSR count). The summed E-state index contributed by atoms with van der Waals surface area (Å²) in [5, 5.41) is 17.2. The number of unbranched alkanes of at least 4 members (excludes halogenated alkanes) is 1. The molecule has 0 amide bonds. The van der Waals surface area contributed by atoms with E-state index in [1.54, 1.807) is 19.0 Å². The van der Waals surface area contributed by atoms with Crippen LogP contribution >= 0.6 is 7.44 Å². The van der Waals surface area contributed by atoms with Crippen molar-refractivity contribution in [2.24, 2.45) is 0 Å². The Morgan fingerprint density at radius 2 is 0.707 bits per heavy atom. The van der Waals surface area contributed by atoms with Crippen molar-refractivity contribution in [3.05, 3.63) is 210 Å². The lowest BCUT2D eigenvalue weighted by atomic mass is 10.1. The van der Waals surface area contributed by atoms with Crippen molar-refractivity contribution in [1.82, 2.24) is 44.5 Å². The molecule has 0 aromatic heterocycles. The zero-order valence-corrected chi connectivity index (χ0v) is 52.5. The second-order valence-electron chi connectivity index (χ2n) is 23.3. The van der Waals surface area contributed by atoms with E-state index in [-0.39, 0.29) is 12.1 Å². The number of likely N-dealkylation sites (N-methyl/N-ethyl adjacent to an activating group) is 5. The lowest BCUT2D eigenvalue weighted by molar-refractivity contribution is -0.142. The molecule has 12 nitrogen and oxygen atoms in total. The molecule has 13 heteroatoms. The Balaban J connectivity index is 0.000000249. The summed E-state index contributed by atoms with van der Waals surface area (Å²) in [6.07, 6.45) is 9.15. The number of benzene rings is 6. The molecule has 6 aromatic rings. The van der Waals surface area contributed by atoms with Gasteiger partial charge in [-0.2, -0.15) is 0 Å². The summed E-state index contributed by atoms with van der Waals surface area (Å²) in [4.78, 5) is 21.9. The van der Waals surface area contributed by atoms with Gasteiger partial charge in [-0.25, -0.2) is 9.34 Å². The van der Waals surface area contributed by atoms with Crippen LogP contribution in [0.4, 0.5) is 0 Å². The highest BCUT2D eigenvalue weighted by Crippen LogP contribution is 2.54. The van der Waals surface area contributed by atoms with Crippen molar-refractivity contribution in [3.63, 3.8) is 0 Å². The molecule has 3 N–H and O–H groups in total. The summed E-state index contributed by atoms with van der Waals surface area (Å²) in [5.41, 5.74) is 6.51. The average molecular weight is 1140 g/mol.